The maximum atomic E-state index is 12.1. The Labute approximate surface area is 147 Å². The zero-order chi connectivity index (χ0) is 18.1. The molecule has 1 amide bonds. The molecular formula is C17H28N4O4+2. The van der Waals surface area contributed by atoms with Gasteiger partial charge in [0.25, 0.3) is 0 Å². The lowest BCUT2D eigenvalue weighted by molar-refractivity contribution is -0.955. The van der Waals surface area contributed by atoms with Crippen LogP contribution in [0.2, 0.25) is 0 Å². The Morgan fingerprint density at radius 1 is 1.32 bits per heavy atom. The fourth-order valence-corrected chi connectivity index (χ4v) is 2.97. The number of carbonyl (C=O) groups is 2. The minimum absolute atomic E-state index is 0.114. The van der Waals surface area contributed by atoms with E-state index in [1.54, 1.807) is 36.7 Å². The maximum Gasteiger partial charge on any atom is 0.230 e. The molecule has 6 N–H and O–H groups in total. The molecule has 1 aliphatic rings. The van der Waals surface area contributed by atoms with Crippen LogP contribution >= 0.6 is 0 Å². The average Bonchev–Trinajstić information content (AvgIpc) is 2.62. The maximum absolute atomic E-state index is 12.1. The van der Waals surface area contributed by atoms with Crippen LogP contribution in [-0.4, -0.2) is 64.3 Å². The van der Waals surface area contributed by atoms with Gasteiger partial charge in [-0.3, -0.25) is 4.79 Å². The van der Waals surface area contributed by atoms with Crippen LogP contribution in [0.4, 0.5) is 5.69 Å². The van der Waals surface area contributed by atoms with Gasteiger partial charge in [0.05, 0.1) is 19.5 Å². The molecule has 138 valence electrons. The molecule has 0 radical (unpaired) electrons. The first-order chi connectivity index (χ1) is 12.1. The summed E-state index contributed by atoms with van der Waals surface area (Å²) >= 11 is 0. The summed E-state index contributed by atoms with van der Waals surface area (Å²) in [5.74, 6) is -0.848. The summed E-state index contributed by atoms with van der Waals surface area (Å²) in [5, 5.41) is 18.0. The van der Waals surface area contributed by atoms with Gasteiger partial charge in [-0.2, -0.15) is 0 Å². The molecule has 0 aliphatic carbocycles. The summed E-state index contributed by atoms with van der Waals surface area (Å²) in [5.41, 5.74) is 0.608. The highest BCUT2D eigenvalue weighted by atomic mass is 16.5. The number of nitrogens with one attached hydrogen (secondary N) is 2. The van der Waals surface area contributed by atoms with Crippen molar-refractivity contribution in [1.29, 1.82) is 0 Å². The summed E-state index contributed by atoms with van der Waals surface area (Å²) in [6, 6.07) is 6.03. The van der Waals surface area contributed by atoms with E-state index in [0.29, 0.717) is 18.0 Å². The minimum Gasteiger partial charge on any atom is -0.544 e. The van der Waals surface area contributed by atoms with Crippen molar-refractivity contribution in [2.75, 3.05) is 51.7 Å². The number of ether oxygens (including phenoxy) is 1. The highest BCUT2D eigenvalue weighted by molar-refractivity contribution is 5.93. The molecule has 2 rings (SSSR count). The molecule has 1 fully saturated rings. The summed E-state index contributed by atoms with van der Waals surface area (Å²) in [4.78, 5) is 24.9. The SMILES string of the molecule is COc1ccc(NC(=O)C[C@H]([NH2+]CC[NH+]2CC[NH2+]CC2)C(=O)[O-])cc1. The first-order valence-electron chi connectivity index (χ1n) is 8.72. The molecule has 0 spiro atoms. The number of quaternary nitrogens is 3. The number of carboxylic acids is 1. The number of amides is 1. The van der Waals surface area contributed by atoms with E-state index in [0.717, 1.165) is 32.7 Å². The van der Waals surface area contributed by atoms with Crippen LogP contribution in [0, 0.1) is 0 Å². The average molecular weight is 352 g/mol. The second-order valence-electron chi connectivity index (χ2n) is 6.30. The lowest BCUT2D eigenvalue weighted by Gasteiger charge is -2.22. The van der Waals surface area contributed by atoms with Crippen molar-refractivity contribution in [3.63, 3.8) is 0 Å². The second kappa shape index (κ2) is 9.97. The van der Waals surface area contributed by atoms with Gasteiger partial charge < -0.3 is 35.5 Å². The van der Waals surface area contributed by atoms with Crippen molar-refractivity contribution >= 4 is 17.6 Å². The number of carbonyl (C=O) groups excluding carboxylic acids is 2. The standard InChI is InChI=1S/C17H26N4O4/c1-25-14-4-2-13(3-5-14)20-16(22)12-15(17(23)24)19-8-11-21-9-6-18-7-10-21/h2-5,15,18-19H,6-12H2,1H3,(H,20,22)(H,23,24)/p+2/t15-/m0/s1. The quantitative estimate of drug-likeness (QED) is 0.357. The summed E-state index contributed by atoms with van der Waals surface area (Å²) in [7, 11) is 1.57. The molecule has 0 unspecified atom stereocenters. The van der Waals surface area contributed by atoms with E-state index in [-0.39, 0.29) is 12.3 Å². The Kier molecular flexibility index (Phi) is 7.65. The molecule has 0 bridgehead atoms. The van der Waals surface area contributed by atoms with E-state index in [2.05, 4.69) is 10.6 Å². The number of aliphatic carboxylic acids is 1. The topological polar surface area (TPSA) is 116 Å². The van der Waals surface area contributed by atoms with Gasteiger partial charge in [-0.15, -0.1) is 0 Å². The summed E-state index contributed by atoms with van der Waals surface area (Å²) in [6.07, 6.45) is -0.114. The third-order valence-corrected chi connectivity index (χ3v) is 4.43. The predicted octanol–water partition coefficient (Wildman–Crippen LogP) is -4.83. The number of anilines is 1. The van der Waals surface area contributed by atoms with E-state index < -0.39 is 12.0 Å². The minimum atomic E-state index is -1.20. The number of methoxy groups -OCH3 is 1. The van der Waals surface area contributed by atoms with Crippen LogP contribution in [0.3, 0.4) is 0 Å². The third kappa shape index (κ3) is 6.69. The Hall–Kier alpha value is -2.16. The molecule has 1 aliphatic heterocycles. The number of hydrogen-bond acceptors (Lipinski definition) is 4. The molecule has 1 aromatic rings. The molecule has 8 heteroatoms. The van der Waals surface area contributed by atoms with Crippen LogP contribution in [0.25, 0.3) is 0 Å². The fourth-order valence-electron chi connectivity index (χ4n) is 2.97. The molecule has 8 nitrogen and oxygen atoms in total. The summed E-state index contributed by atoms with van der Waals surface area (Å²) < 4.78 is 5.06. The zero-order valence-corrected chi connectivity index (χ0v) is 14.6. The van der Waals surface area contributed by atoms with Crippen LogP contribution < -0.4 is 30.7 Å². The Balaban J connectivity index is 1.76. The Bertz CT molecular complexity index is 558. The van der Waals surface area contributed by atoms with Gasteiger partial charge >= 0.3 is 0 Å². The highest BCUT2D eigenvalue weighted by Crippen LogP contribution is 2.15. The number of nitrogens with two attached hydrogens (primary N) is 2. The van der Waals surface area contributed by atoms with Crippen LogP contribution in [-0.2, 0) is 9.59 Å². The van der Waals surface area contributed by atoms with Crippen molar-refractivity contribution in [3.8, 4) is 5.75 Å². The predicted molar refractivity (Wildman–Crippen MR) is 89.1 cm³/mol. The Morgan fingerprint density at radius 3 is 2.60 bits per heavy atom. The van der Waals surface area contributed by atoms with E-state index in [9.17, 15) is 14.7 Å². The molecule has 25 heavy (non-hydrogen) atoms. The number of rotatable bonds is 9. The summed E-state index contributed by atoms with van der Waals surface area (Å²) in [6.45, 7) is 6.00. The van der Waals surface area contributed by atoms with Gasteiger partial charge in [0.2, 0.25) is 5.91 Å². The van der Waals surface area contributed by atoms with Crippen LogP contribution in [0.5, 0.6) is 5.75 Å². The van der Waals surface area contributed by atoms with Crippen LogP contribution in [0.15, 0.2) is 24.3 Å². The monoisotopic (exact) mass is 352 g/mol. The number of benzene rings is 1. The molecule has 1 heterocycles. The first-order valence-corrected chi connectivity index (χ1v) is 8.72. The van der Waals surface area contributed by atoms with Gasteiger partial charge in [-0.1, -0.05) is 0 Å². The van der Waals surface area contributed by atoms with E-state index >= 15 is 0 Å². The zero-order valence-electron chi connectivity index (χ0n) is 14.6. The molecule has 0 aromatic heterocycles. The van der Waals surface area contributed by atoms with Crippen molar-refractivity contribution in [2.24, 2.45) is 0 Å². The Morgan fingerprint density at radius 2 is 2.00 bits per heavy atom. The van der Waals surface area contributed by atoms with Gasteiger partial charge in [0.15, 0.2) is 0 Å². The molecule has 1 aromatic carbocycles. The van der Waals surface area contributed by atoms with Gasteiger partial charge in [-0.25, -0.2) is 0 Å². The number of carboxylic acid groups (broad SMARTS) is 1. The number of piperazine rings is 1. The lowest BCUT2D eigenvalue weighted by Crippen LogP contribution is -3.22. The van der Waals surface area contributed by atoms with Gasteiger partial charge in [-0.05, 0) is 24.3 Å². The van der Waals surface area contributed by atoms with E-state index in [1.165, 1.54) is 4.90 Å². The molecule has 1 atom stereocenters. The van der Waals surface area contributed by atoms with Crippen molar-refractivity contribution in [1.82, 2.24) is 0 Å². The van der Waals surface area contributed by atoms with Crippen LogP contribution in [0.1, 0.15) is 6.42 Å². The van der Waals surface area contributed by atoms with E-state index in [4.69, 9.17) is 4.74 Å². The van der Waals surface area contributed by atoms with Gasteiger partial charge in [0.1, 0.15) is 51.1 Å². The smallest absolute Gasteiger partial charge is 0.230 e. The van der Waals surface area contributed by atoms with Gasteiger partial charge in [0, 0.05) is 5.69 Å². The van der Waals surface area contributed by atoms with Crippen molar-refractivity contribution in [3.05, 3.63) is 24.3 Å². The fraction of sp³-hybridized carbons (Fsp3) is 0.529. The first kappa shape index (κ1) is 19.2. The van der Waals surface area contributed by atoms with Crippen molar-refractivity contribution in [2.45, 2.75) is 12.5 Å². The third-order valence-electron chi connectivity index (χ3n) is 4.43. The van der Waals surface area contributed by atoms with Crippen molar-refractivity contribution < 1.29 is 35.0 Å². The lowest BCUT2D eigenvalue weighted by atomic mass is 10.2. The molecule has 1 saturated heterocycles. The second-order valence-corrected chi connectivity index (χ2v) is 6.30. The molecule has 0 saturated carbocycles. The normalized spacial score (nSPS) is 16.2. The highest BCUT2D eigenvalue weighted by Gasteiger charge is 2.21. The van der Waals surface area contributed by atoms with E-state index in [1.807, 2.05) is 0 Å². The number of hydrogen-bond donors (Lipinski definition) is 4. The largest absolute Gasteiger partial charge is 0.544 e. The molecular weight excluding hydrogens is 324 g/mol.